The monoisotopic (exact) mass is 548 g/mol. The number of nitrogens with zero attached hydrogens (tertiary/aromatic N) is 2. The molecule has 0 unspecified atom stereocenters. The van der Waals surface area contributed by atoms with E-state index in [9.17, 15) is 9.59 Å². The summed E-state index contributed by atoms with van der Waals surface area (Å²) in [6.45, 7) is 1.87. The fraction of sp³-hybridized carbons (Fsp3) is 0.250. The van der Waals surface area contributed by atoms with Crippen molar-refractivity contribution in [3.63, 3.8) is 0 Å². The second kappa shape index (κ2) is 9.87. The summed E-state index contributed by atoms with van der Waals surface area (Å²) in [6.07, 6.45) is 0.103. The van der Waals surface area contributed by atoms with Gasteiger partial charge in [-0.1, -0.05) is 52.3 Å². The SMILES string of the molecule is CC(=O)N1C(=O)[C@]2(Cc3ccccc3Br)N=C(c3ccc(OCCCO)cc3)O[C@@H]2c2ccccc21. The first-order chi connectivity index (χ1) is 17.4. The van der Waals surface area contributed by atoms with Gasteiger partial charge in [-0.3, -0.25) is 9.59 Å². The van der Waals surface area contributed by atoms with Gasteiger partial charge in [0.15, 0.2) is 11.6 Å². The van der Waals surface area contributed by atoms with E-state index in [4.69, 9.17) is 19.6 Å². The highest BCUT2D eigenvalue weighted by molar-refractivity contribution is 9.10. The van der Waals surface area contributed by atoms with E-state index in [1.54, 1.807) is 24.3 Å². The average Bonchev–Trinajstić information content (AvgIpc) is 3.27. The standard InChI is InChI=1S/C28H25BrN2O5/c1-18(33)31-24-10-5-3-8-22(24)25-28(27(31)34,17-20-7-2-4-9-23(20)29)30-26(36-25)19-11-13-21(14-12-19)35-16-6-15-32/h2-5,7-14,25,32H,6,15-17H2,1H3/t25-,28-/m1/s1. The lowest BCUT2D eigenvalue weighted by Crippen LogP contribution is -2.57. The lowest BCUT2D eigenvalue weighted by atomic mass is 9.78. The van der Waals surface area contributed by atoms with Crippen molar-refractivity contribution >= 4 is 39.3 Å². The molecule has 8 heteroatoms. The molecule has 0 bridgehead atoms. The molecule has 2 atom stereocenters. The molecule has 184 valence electrons. The smallest absolute Gasteiger partial charge is 0.266 e. The summed E-state index contributed by atoms with van der Waals surface area (Å²) in [6, 6.07) is 22.3. The number of para-hydroxylation sites is 1. The van der Waals surface area contributed by atoms with Crippen LogP contribution in [0.5, 0.6) is 5.75 Å². The molecule has 3 aromatic carbocycles. The molecule has 5 rings (SSSR count). The van der Waals surface area contributed by atoms with Crippen molar-refractivity contribution in [2.24, 2.45) is 4.99 Å². The van der Waals surface area contributed by atoms with Crippen LogP contribution in [0.3, 0.4) is 0 Å². The maximum Gasteiger partial charge on any atom is 0.266 e. The largest absolute Gasteiger partial charge is 0.494 e. The summed E-state index contributed by atoms with van der Waals surface area (Å²) < 4.78 is 12.9. The Morgan fingerprint density at radius 3 is 2.56 bits per heavy atom. The van der Waals surface area contributed by atoms with Crippen LogP contribution in [0.15, 0.2) is 82.3 Å². The summed E-state index contributed by atoms with van der Waals surface area (Å²) in [5.41, 5.74) is 1.49. The third-order valence-corrected chi connectivity index (χ3v) is 7.18. The van der Waals surface area contributed by atoms with Gasteiger partial charge in [0.2, 0.25) is 11.8 Å². The molecule has 2 aliphatic rings. The van der Waals surface area contributed by atoms with Crippen molar-refractivity contribution in [3.8, 4) is 5.75 Å². The van der Waals surface area contributed by atoms with Crippen LogP contribution in [0, 0.1) is 0 Å². The van der Waals surface area contributed by atoms with Gasteiger partial charge in [-0.25, -0.2) is 9.89 Å². The van der Waals surface area contributed by atoms with Gasteiger partial charge in [0.1, 0.15) is 5.75 Å². The molecule has 0 saturated heterocycles. The number of imide groups is 1. The lowest BCUT2D eigenvalue weighted by Gasteiger charge is -2.40. The maximum absolute atomic E-state index is 14.1. The molecule has 7 nitrogen and oxygen atoms in total. The van der Waals surface area contributed by atoms with Crippen LogP contribution in [0.25, 0.3) is 0 Å². The van der Waals surface area contributed by atoms with Crippen LogP contribution < -0.4 is 9.64 Å². The number of aliphatic hydroxyl groups is 1. The van der Waals surface area contributed by atoms with Gasteiger partial charge in [-0.05, 0) is 42.0 Å². The van der Waals surface area contributed by atoms with E-state index in [-0.39, 0.29) is 18.9 Å². The first-order valence-electron chi connectivity index (χ1n) is 11.7. The highest BCUT2D eigenvalue weighted by atomic mass is 79.9. The van der Waals surface area contributed by atoms with Crippen molar-refractivity contribution < 1.29 is 24.2 Å². The molecular formula is C28H25BrN2O5. The van der Waals surface area contributed by atoms with Crippen LogP contribution in [0.4, 0.5) is 5.69 Å². The summed E-state index contributed by atoms with van der Waals surface area (Å²) in [5.74, 6) is 0.219. The normalized spacial score (nSPS) is 20.3. The van der Waals surface area contributed by atoms with Crippen molar-refractivity contribution in [1.82, 2.24) is 0 Å². The van der Waals surface area contributed by atoms with Crippen molar-refractivity contribution in [2.45, 2.75) is 31.4 Å². The number of amides is 2. The molecular weight excluding hydrogens is 524 g/mol. The highest BCUT2D eigenvalue weighted by Gasteiger charge is 2.59. The van der Waals surface area contributed by atoms with E-state index in [2.05, 4.69) is 15.9 Å². The summed E-state index contributed by atoms with van der Waals surface area (Å²) in [7, 11) is 0. The number of halogens is 1. The Balaban J connectivity index is 1.60. The Morgan fingerprint density at radius 2 is 1.83 bits per heavy atom. The molecule has 0 fully saturated rings. The molecule has 2 amide bonds. The number of carbonyl (C=O) groups excluding carboxylic acids is 2. The molecule has 36 heavy (non-hydrogen) atoms. The minimum Gasteiger partial charge on any atom is -0.494 e. The quantitative estimate of drug-likeness (QED) is 0.436. The third-order valence-electron chi connectivity index (χ3n) is 6.40. The number of ether oxygens (including phenoxy) is 2. The van der Waals surface area contributed by atoms with Crippen LogP contribution in [0.2, 0.25) is 0 Å². The number of hydrogen-bond donors (Lipinski definition) is 1. The lowest BCUT2D eigenvalue weighted by molar-refractivity contribution is -0.131. The molecule has 2 aliphatic heterocycles. The summed E-state index contributed by atoms with van der Waals surface area (Å²) in [4.78, 5) is 32.9. The molecule has 1 N–H and O–H groups in total. The Bertz CT molecular complexity index is 1340. The third kappa shape index (κ3) is 4.20. The van der Waals surface area contributed by atoms with E-state index >= 15 is 0 Å². The summed E-state index contributed by atoms with van der Waals surface area (Å²) >= 11 is 3.60. The Kier molecular flexibility index (Phi) is 6.64. The predicted molar refractivity (Wildman–Crippen MR) is 139 cm³/mol. The Hall–Kier alpha value is -3.49. The number of fused-ring (bicyclic) bond motifs is 3. The second-order valence-corrected chi connectivity index (χ2v) is 9.63. The highest BCUT2D eigenvalue weighted by Crippen LogP contribution is 2.50. The molecule has 0 aromatic heterocycles. The molecule has 2 heterocycles. The maximum atomic E-state index is 14.1. The zero-order valence-electron chi connectivity index (χ0n) is 19.7. The van der Waals surface area contributed by atoms with Crippen molar-refractivity contribution in [2.75, 3.05) is 18.1 Å². The minimum absolute atomic E-state index is 0.0660. The number of rotatable bonds is 7. The van der Waals surface area contributed by atoms with Gasteiger partial charge in [-0.15, -0.1) is 0 Å². The number of anilines is 1. The molecule has 0 spiro atoms. The number of aliphatic hydroxyl groups excluding tert-OH is 1. The number of carbonyl (C=O) groups is 2. The number of aliphatic imine (C=N–C) groups is 1. The Labute approximate surface area is 217 Å². The summed E-state index contributed by atoms with van der Waals surface area (Å²) in [5, 5.41) is 8.96. The van der Waals surface area contributed by atoms with Gasteiger partial charge in [0.05, 0.1) is 12.3 Å². The van der Waals surface area contributed by atoms with Crippen LogP contribution in [0.1, 0.15) is 36.1 Å². The molecule has 3 aromatic rings. The van der Waals surface area contributed by atoms with Gasteiger partial charge in [-0.2, -0.15) is 0 Å². The van der Waals surface area contributed by atoms with Crippen molar-refractivity contribution in [3.05, 3.63) is 94.0 Å². The van der Waals surface area contributed by atoms with Gasteiger partial charge in [0, 0.05) is 42.0 Å². The van der Waals surface area contributed by atoms with E-state index in [0.717, 1.165) is 15.6 Å². The van der Waals surface area contributed by atoms with Gasteiger partial charge < -0.3 is 14.6 Å². The zero-order valence-corrected chi connectivity index (χ0v) is 21.3. The first-order valence-corrected chi connectivity index (χ1v) is 12.5. The first kappa shape index (κ1) is 24.2. The van der Waals surface area contributed by atoms with Crippen LogP contribution in [-0.2, 0) is 20.7 Å². The van der Waals surface area contributed by atoms with Gasteiger partial charge in [0.25, 0.3) is 5.91 Å². The van der Waals surface area contributed by atoms with E-state index in [1.165, 1.54) is 11.8 Å². The molecule has 0 radical (unpaired) electrons. The fourth-order valence-electron chi connectivity index (χ4n) is 4.71. The number of benzene rings is 3. The van der Waals surface area contributed by atoms with Crippen molar-refractivity contribution in [1.29, 1.82) is 0 Å². The Morgan fingerprint density at radius 1 is 1.11 bits per heavy atom. The van der Waals surface area contributed by atoms with E-state index in [1.807, 2.05) is 48.5 Å². The predicted octanol–water partition coefficient (Wildman–Crippen LogP) is 4.60. The van der Waals surface area contributed by atoms with Crippen LogP contribution >= 0.6 is 15.9 Å². The van der Waals surface area contributed by atoms with E-state index in [0.29, 0.717) is 35.9 Å². The van der Waals surface area contributed by atoms with E-state index < -0.39 is 17.6 Å². The molecule has 0 saturated carbocycles. The minimum atomic E-state index is -1.35. The number of hydrogen-bond acceptors (Lipinski definition) is 6. The van der Waals surface area contributed by atoms with Crippen LogP contribution in [-0.4, -0.2) is 41.6 Å². The topological polar surface area (TPSA) is 88.4 Å². The van der Waals surface area contributed by atoms with Gasteiger partial charge >= 0.3 is 0 Å². The average molecular weight is 549 g/mol. The zero-order chi connectivity index (χ0) is 25.3. The fourth-order valence-corrected chi connectivity index (χ4v) is 5.13. The second-order valence-electron chi connectivity index (χ2n) is 8.78. The molecule has 0 aliphatic carbocycles.